The molecule has 0 aliphatic heterocycles. The van der Waals surface area contributed by atoms with Gasteiger partial charge in [-0.05, 0) is 45.4 Å². The standard InChI is InChI=1S/C25H21BClF2N5O3/c1-12-10-31-17(16-5-6-30-24(33-16)25(3,4)36)9-18(12)34-13(2)7-19(20(27)23(34)35)37-22(26)21-15(29)8-14(28)11-32-21/h5-11,22,36H,1-4H3. The van der Waals surface area contributed by atoms with E-state index in [9.17, 15) is 18.7 Å². The normalized spacial score (nSPS) is 12.4. The van der Waals surface area contributed by atoms with E-state index in [1.807, 2.05) is 0 Å². The fourth-order valence-electron chi connectivity index (χ4n) is 3.58. The summed E-state index contributed by atoms with van der Waals surface area (Å²) < 4.78 is 34.2. The maximum atomic E-state index is 14.1. The Morgan fingerprint density at radius 3 is 2.51 bits per heavy atom. The van der Waals surface area contributed by atoms with Crippen molar-refractivity contribution < 1.29 is 18.6 Å². The Kier molecular flexibility index (Phi) is 7.12. The molecule has 1 N–H and O–H groups in total. The monoisotopic (exact) mass is 523 g/mol. The van der Waals surface area contributed by atoms with Crippen LogP contribution >= 0.6 is 11.6 Å². The number of aromatic nitrogens is 5. The van der Waals surface area contributed by atoms with Crippen LogP contribution in [0, 0.1) is 25.5 Å². The third-order valence-corrected chi connectivity index (χ3v) is 5.79. The van der Waals surface area contributed by atoms with Crippen molar-refractivity contribution in [1.29, 1.82) is 0 Å². The van der Waals surface area contributed by atoms with Crippen LogP contribution in [0.3, 0.4) is 0 Å². The van der Waals surface area contributed by atoms with E-state index in [1.54, 1.807) is 46.0 Å². The molecule has 0 amide bonds. The highest BCUT2D eigenvalue weighted by Crippen LogP contribution is 2.29. The number of aliphatic hydroxyl groups is 1. The molecule has 0 aliphatic rings. The maximum Gasteiger partial charge on any atom is 0.277 e. The quantitative estimate of drug-likeness (QED) is 0.380. The summed E-state index contributed by atoms with van der Waals surface area (Å²) >= 11 is 6.34. The molecular weight excluding hydrogens is 503 g/mol. The first kappa shape index (κ1) is 26.4. The van der Waals surface area contributed by atoms with Crippen LogP contribution in [0.5, 0.6) is 5.75 Å². The van der Waals surface area contributed by atoms with Crippen molar-refractivity contribution in [3.05, 3.63) is 92.6 Å². The Morgan fingerprint density at radius 2 is 1.84 bits per heavy atom. The average molecular weight is 524 g/mol. The minimum atomic E-state index is -1.44. The SMILES string of the molecule is [B]C(Oc1cc(C)n(-c2cc(-c3ccnc(C(C)(C)O)n3)ncc2C)c(=O)c1Cl)c1ncc(F)cc1F. The molecule has 0 aromatic carbocycles. The lowest BCUT2D eigenvalue weighted by atomic mass is 9.95. The highest BCUT2D eigenvalue weighted by atomic mass is 35.5. The van der Waals surface area contributed by atoms with Gasteiger partial charge in [-0.25, -0.2) is 18.7 Å². The van der Waals surface area contributed by atoms with Crippen LogP contribution in [-0.2, 0) is 5.60 Å². The molecule has 8 nitrogen and oxygen atoms in total. The molecule has 188 valence electrons. The Morgan fingerprint density at radius 1 is 1.11 bits per heavy atom. The molecule has 37 heavy (non-hydrogen) atoms. The smallest absolute Gasteiger partial charge is 0.277 e. The zero-order valence-corrected chi connectivity index (χ0v) is 21.1. The van der Waals surface area contributed by atoms with E-state index in [0.29, 0.717) is 34.4 Å². The van der Waals surface area contributed by atoms with E-state index in [1.165, 1.54) is 16.8 Å². The topological polar surface area (TPSA) is 103 Å². The molecule has 0 saturated carbocycles. The van der Waals surface area contributed by atoms with Gasteiger partial charge in [-0.3, -0.25) is 19.3 Å². The molecule has 4 heterocycles. The van der Waals surface area contributed by atoms with Crippen molar-refractivity contribution in [2.75, 3.05) is 0 Å². The first-order valence-electron chi connectivity index (χ1n) is 11.1. The van der Waals surface area contributed by atoms with Crippen molar-refractivity contribution in [2.24, 2.45) is 0 Å². The molecule has 4 aromatic rings. The van der Waals surface area contributed by atoms with Gasteiger partial charge in [0.25, 0.3) is 5.56 Å². The highest BCUT2D eigenvalue weighted by Gasteiger charge is 2.22. The minimum Gasteiger partial charge on any atom is -0.492 e. The molecule has 0 saturated heterocycles. The first-order chi connectivity index (χ1) is 17.4. The summed E-state index contributed by atoms with van der Waals surface area (Å²) in [5.74, 6) is -1.73. The fraction of sp³-hybridized carbons (Fsp3) is 0.240. The minimum absolute atomic E-state index is 0.0870. The number of hydrogen-bond donors (Lipinski definition) is 1. The summed E-state index contributed by atoms with van der Waals surface area (Å²) in [6, 6.07) is 3.97. The van der Waals surface area contributed by atoms with Crippen LogP contribution in [0.25, 0.3) is 17.1 Å². The zero-order chi connectivity index (χ0) is 27.1. The largest absolute Gasteiger partial charge is 0.492 e. The highest BCUT2D eigenvalue weighted by molar-refractivity contribution is 6.31. The molecule has 1 unspecified atom stereocenters. The lowest BCUT2D eigenvalue weighted by molar-refractivity contribution is 0.0688. The number of pyridine rings is 3. The van der Waals surface area contributed by atoms with Crippen LogP contribution < -0.4 is 10.3 Å². The Bertz CT molecular complexity index is 1560. The molecule has 12 heteroatoms. The second kappa shape index (κ2) is 9.99. The predicted octanol–water partition coefficient (Wildman–Crippen LogP) is 4.11. The number of rotatable bonds is 6. The van der Waals surface area contributed by atoms with Crippen LogP contribution in [0.1, 0.15) is 42.6 Å². The van der Waals surface area contributed by atoms with E-state index in [4.69, 9.17) is 24.2 Å². The van der Waals surface area contributed by atoms with Gasteiger partial charge >= 0.3 is 0 Å². The van der Waals surface area contributed by atoms with Crippen molar-refractivity contribution in [3.63, 3.8) is 0 Å². The van der Waals surface area contributed by atoms with E-state index in [2.05, 4.69) is 19.9 Å². The fourth-order valence-corrected chi connectivity index (χ4v) is 3.77. The van der Waals surface area contributed by atoms with Gasteiger partial charge in [0, 0.05) is 30.2 Å². The molecule has 0 bridgehead atoms. The van der Waals surface area contributed by atoms with Gasteiger partial charge < -0.3 is 9.84 Å². The van der Waals surface area contributed by atoms with Gasteiger partial charge in [0.05, 0.1) is 29.3 Å². The van der Waals surface area contributed by atoms with E-state index in [-0.39, 0.29) is 22.3 Å². The second-order valence-corrected chi connectivity index (χ2v) is 9.22. The Hall–Kier alpha value is -3.70. The lowest BCUT2D eigenvalue weighted by Crippen LogP contribution is -2.23. The van der Waals surface area contributed by atoms with E-state index >= 15 is 0 Å². The van der Waals surface area contributed by atoms with Gasteiger partial charge in [-0.15, -0.1) is 0 Å². The van der Waals surface area contributed by atoms with Gasteiger partial charge in [-0.1, -0.05) is 11.6 Å². The summed E-state index contributed by atoms with van der Waals surface area (Å²) in [5.41, 5.74) is 0.267. The molecule has 4 aromatic heterocycles. The number of nitrogens with zero attached hydrogens (tertiary/aromatic N) is 5. The Balaban J connectivity index is 1.75. The van der Waals surface area contributed by atoms with E-state index in [0.717, 1.165) is 6.20 Å². The molecule has 0 fully saturated rings. The molecule has 4 rings (SSSR count). The van der Waals surface area contributed by atoms with Crippen molar-refractivity contribution in [2.45, 2.75) is 39.3 Å². The van der Waals surface area contributed by atoms with E-state index < -0.39 is 28.8 Å². The van der Waals surface area contributed by atoms with Crippen LogP contribution in [-0.4, -0.2) is 37.5 Å². The van der Waals surface area contributed by atoms with Gasteiger partial charge in [0.2, 0.25) is 0 Å². The number of aryl methyl sites for hydroxylation is 2. The third kappa shape index (κ3) is 5.37. The first-order valence-corrected chi connectivity index (χ1v) is 11.4. The van der Waals surface area contributed by atoms with Crippen LogP contribution in [0.2, 0.25) is 5.02 Å². The van der Waals surface area contributed by atoms with Crippen molar-refractivity contribution in [3.8, 4) is 22.8 Å². The number of hydrogen-bond acceptors (Lipinski definition) is 7. The summed E-state index contributed by atoms with van der Waals surface area (Å²) in [6.45, 7) is 6.57. The summed E-state index contributed by atoms with van der Waals surface area (Å²) in [7, 11) is 5.89. The lowest BCUT2D eigenvalue weighted by Gasteiger charge is -2.20. The number of ether oxygens (including phenoxy) is 1. The Labute approximate surface area is 217 Å². The zero-order valence-electron chi connectivity index (χ0n) is 20.3. The van der Waals surface area contributed by atoms with Gasteiger partial charge in [-0.2, -0.15) is 0 Å². The maximum absolute atomic E-state index is 14.1. The van der Waals surface area contributed by atoms with Crippen molar-refractivity contribution >= 4 is 19.4 Å². The second-order valence-electron chi connectivity index (χ2n) is 8.84. The molecule has 0 spiro atoms. The molecular formula is C25H21BClF2N5O3. The summed E-state index contributed by atoms with van der Waals surface area (Å²) in [5, 5.41) is 9.96. The molecule has 1 atom stereocenters. The third-order valence-electron chi connectivity index (χ3n) is 5.44. The summed E-state index contributed by atoms with van der Waals surface area (Å²) in [6.07, 6.45) is 3.90. The van der Waals surface area contributed by atoms with Crippen LogP contribution in [0.15, 0.2) is 47.7 Å². The predicted molar refractivity (Wildman–Crippen MR) is 134 cm³/mol. The van der Waals surface area contributed by atoms with Crippen molar-refractivity contribution in [1.82, 2.24) is 24.5 Å². The average Bonchev–Trinajstić information content (AvgIpc) is 2.83. The summed E-state index contributed by atoms with van der Waals surface area (Å²) in [4.78, 5) is 29.9. The van der Waals surface area contributed by atoms with Gasteiger partial charge in [0.1, 0.15) is 35.7 Å². The number of halogens is 3. The molecule has 2 radical (unpaired) electrons. The molecule has 0 aliphatic carbocycles. The van der Waals surface area contributed by atoms with Gasteiger partial charge in [0.15, 0.2) is 11.6 Å². The van der Waals surface area contributed by atoms with Crippen LogP contribution in [0.4, 0.5) is 8.78 Å².